The number of hydrogen-bond donors (Lipinski definition) is 1. The van der Waals surface area contributed by atoms with E-state index in [1.165, 1.54) is 0 Å². The molecule has 0 heterocycles. The third-order valence-electron chi connectivity index (χ3n) is 1.84. The van der Waals surface area contributed by atoms with E-state index in [9.17, 15) is 9.59 Å². The molecule has 1 unspecified atom stereocenters. The van der Waals surface area contributed by atoms with Crippen LogP contribution < -0.4 is 5.32 Å². The van der Waals surface area contributed by atoms with Gasteiger partial charge in [-0.25, -0.2) is 0 Å². The summed E-state index contributed by atoms with van der Waals surface area (Å²) in [6.07, 6.45) is 2.98. The normalized spacial score (nSPS) is 10.6. The van der Waals surface area contributed by atoms with Crippen LogP contribution in [0.4, 0.5) is 0 Å². The third-order valence-corrected chi connectivity index (χ3v) is 1.84. The summed E-state index contributed by atoms with van der Waals surface area (Å²) in [6, 6.07) is 0.227. The van der Waals surface area contributed by atoms with Crippen molar-refractivity contribution >= 4 is 12.1 Å². The highest BCUT2D eigenvalue weighted by Crippen LogP contribution is 2.02. The quantitative estimate of drug-likeness (QED) is 0.552. The number of carbonyl (C=O) groups excluding carboxylic acids is 2. The zero-order chi connectivity index (χ0) is 14.3. The lowest BCUT2D eigenvalue weighted by molar-refractivity contribution is -0.119. The molecule has 0 fully saturated rings. The molecule has 0 saturated heterocycles. The van der Waals surface area contributed by atoms with E-state index in [-0.39, 0.29) is 11.8 Å². The van der Waals surface area contributed by atoms with Crippen molar-refractivity contribution in [1.82, 2.24) is 5.32 Å². The van der Waals surface area contributed by atoms with Gasteiger partial charge in [-0.2, -0.15) is 0 Å². The molecule has 1 N–H and O–H groups in total. The van der Waals surface area contributed by atoms with Gasteiger partial charge in [0.25, 0.3) is 0 Å². The Kier molecular flexibility index (Phi) is 22.4. The second-order valence-electron chi connectivity index (χ2n) is 3.58. The summed E-state index contributed by atoms with van der Waals surface area (Å²) in [5.41, 5.74) is 0. The largest absolute Gasteiger partial charge is 0.305 e. The summed E-state index contributed by atoms with van der Waals surface area (Å²) in [7, 11) is 0. The smallest absolute Gasteiger partial charge is 0.146 e. The van der Waals surface area contributed by atoms with Crippen molar-refractivity contribution in [1.29, 1.82) is 0 Å². The SMILES string of the molecule is CC.CC.CC(=O)C(CCCC=O)NC(C)C. The summed E-state index contributed by atoms with van der Waals surface area (Å²) in [5, 5.41) is 3.17. The summed E-state index contributed by atoms with van der Waals surface area (Å²) >= 11 is 0. The van der Waals surface area contributed by atoms with Crippen LogP contribution in [0.3, 0.4) is 0 Å². The minimum atomic E-state index is -0.0834. The molecule has 1 atom stereocenters. The molecule has 0 aromatic heterocycles. The molecule has 0 aliphatic carbocycles. The molecule has 3 nitrogen and oxygen atoms in total. The van der Waals surface area contributed by atoms with Gasteiger partial charge in [0.05, 0.1) is 6.04 Å². The number of hydrogen-bond acceptors (Lipinski definition) is 3. The monoisotopic (exact) mass is 245 g/mol. The average Bonchev–Trinajstić information content (AvgIpc) is 2.32. The Bertz CT molecular complexity index is 168. The lowest BCUT2D eigenvalue weighted by Crippen LogP contribution is -2.39. The third kappa shape index (κ3) is 17.9. The van der Waals surface area contributed by atoms with Gasteiger partial charge in [-0.1, -0.05) is 41.5 Å². The molecule has 3 heteroatoms. The van der Waals surface area contributed by atoms with Crippen molar-refractivity contribution in [3.05, 3.63) is 0 Å². The van der Waals surface area contributed by atoms with Gasteiger partial charge in [-0.05, 0) is 19.8 Å². The van der Waals surface area contributed by atoms with Crippen molar-refractivity contribution in [3.63, 3.8) is 0 Å². The molecule has 0 saturated carbocycles. The molecule has 0 aromatic rings. The lowest BCUT2D eigenvalue weighted by Gasteiger charge is -2.17. The second kappa shape index (κ2) is 17.7. The van der Waals surface area contributed by atoms with Crippen molar-refractivity contribution < 1.29 is 9.59 Å². The first-order valence-electron chi connectivity index (χ1n) is 6.78. The van der Waals surface area contributed by atoms with Crippen molar-refractivity contribution in [3.8, 4) is 0 Å². The maximum Gasteiger partial charge on any atom is 0.146 e. The number of rotatable bonds is 7. The Hall–Kier alpha value is -0.700. The molecule has 0 radical (unpaired) electrons. The Labute approximate surface area is 107 Å². The molecule has 0 rings (SSSR count). The van der Waals surface area contributed by atoms with Gasteiger partial charge in [0.1, 0.15) is 12.1 Å². The molecule has 17 heavy (non-hydrogen) atoms. The number of carbonyl (C=O) groups is 2. The summed E-state index contributed by atoms with van der Waals surface area (Å²) in [5.74, 6) is 0.152. The Morgan fingerprint density at radius 1 is 1.18 bits per heavy atom. The predicted octanol–water partition coefficient (Wildman–Crippen LogP) is 3.36. The molecule has 0 amide bonds. The van der Waals surface area contributed by atoms with Crippen LogP contribution in [0.15, 0.2) is 0 Å². The van der Waals surface area contributed by atoms with Gasteiger partial charge >= 0.3 is 0 Å². The number of ketones is 1. The highest BCUT2D eigenvalue weighted by molar-refractivity contribution is 5.81. The van der Waals surface area contributed by atoms with Gasteiger partial charge in [0.15, 0.2) is 0 Å². The number of unbranched alkanes of at least 4 members (excludes halogenated alkanes) is 1. The van der Waals surface area contributed by atoms with Crippen molar-refractivity contribution in [2.45, 2.75) is 79.8 Å². The first-order chi connectivity index (χ1) is 8.07. The van der Waals surface area contributed by atoms with Gasteiger partial charge < -0.3 is 10.1 Å². The first kappa shape index (κ1) is 21.6. The van der Waals surface area contributed by atoms with Crippen LogP contribution in [0.5, 0.6) is 0 Å². The van der Waals surface area contributed by atoms with Crippen molar-refractivity contribution in [2.75, 3.05) is 0 Å². The van der Waals surface area contributed by atoms with Crippen LogP contribution in [0.25, 0.3) is 0 Å². The van der Waals surface area contributed by atoms with Crippen LogP contribution >= 0.6 is 0 Å². The maximum absolute atomic E-state index is 11.1. The van der Waals surface area contributed by atoms with E-state index in [1.807, 2.05) is 41.5 Å². The van der Waals surface area contributed by atoms with Crippen LogP contribution in [0, 0.1) is 0 Å². The van der Waals surface area contributed by atoms with Gasteiger partial charge in [0, 0.05) is 12.5 Å². The van der Waals surface area contributed by atoms with E-state index in [1.54, 1.807) is 6.92 Å². The molecule has 0 aliphatic heterocycles. The topological polar surface area (TPSA) is 46.2 Å². The Morgan fingerprint density at radius 3 is 1.94 bits per heavy atom. The lowest BCUT2D eigenvalue weighted by atomic mass is 10.1. The predicted molar refractivity (Wildman–Crippen MR) is 75.4 cm³/mol. The summed E-state index contributed by atoms with van der Waals surface area (Å²) in [4.78, 5) is 21.2. The van der Waals surface area contributed by atoms with E-state index in [4.69, 9.17) is 0 Å². The standard InChI is InChI=1S/C10H19NO2.2C2H6/c1-8(2)11-10(9(3)13)6-4-5-7-12;2*1-2/h7-8,10-11H,4-6H2,1-3H3;2*1-2H3. The van der Waals surface area contributed by atoms with Gasteiger partial charge in [-0.15, -0.1) is 0 Å². The fraction of sp³-hybridized carbons (Fsp3) is 0.857. The van der Waals surface area contributed by atoms with Crippen LogP contribution in [-0.4, -0.2) is 24.2 Å². The highest BCUT2D eigenvalue weighted by atomic mass is 16.1. The van der Waals surface area contributed by atoms with E-state index in [0.29, 0.717) is 12.5 Å². The van der Waals surface area contributed by atoms with Crippen LogP contribution in [-0.2, 0) is 9.59 Å². The van der Waals surface area contributed by atoms with Gasteiger partial charge in [0.2, 0.25) is 0 Å². The molecule has 0 spiro atoms. The Balaban J connectivity index is -0.000000439. The summed E-state index contributed by atoms with van der Waals surface area (Å²) < 4.78 is 0. The highest BCUT2D eigenvalue weighted by Gasteiger charge is 2.13. The van der Waals surface area contributed by atoms with Crippen LogP contribution in [0.1, 0.15) is 67.7 Å². The minimum Gasteiger partial charge on any atom is -0.305 e. The molecular weight excluding hydrogens is 214 g/mol. The Morgan fingerprint density at radius 2 is 1.65 bits per heavy atom. The maximum atomic E-state index is 11.1. The van der Waals surface area contributed by atoms with Gasteiger partial charge in [-0.3, -0.25) is 4.79 Å². The molecule has 104 valence electrons. The fourth-order valence-corrected chi connectivity index (χ4v) is 1.21. The molecule has 0 aromatic carbocycles. The summed E-state index contributed by atoms with van der Waals surface area (Å²) in [6.45, 7) is 13.6. The minimum absolute atomic E-state index is 0.0834. The molecular formula is C14H31NO2. The molecule has 0 bridgehead atoms. The number of nitrogens with one attached hydrogen (secondary N) is 1. The van der Waals surface area contributed by atoms with E-state index in [2.05, 4.69) is 5.32 Å². The van der Waals surface area contributed by atoms with Crippen LogP contribution in [0.2, 0.25) is 0 Å². The zero-order valence-corrected chi connectivity index (χ0v) is 12.7. The fourth-order valence-electron chi connectivity index (χ4n) is 1.21. The van der Waals surface area contributed by atoms with E-state index < -0.39 is 0 Å². The number of aldehydes is 1. The van der Waals surface area contributed by atoms with E-state index >= 15 is 0 Å². The zero-order valence-electron chi connectivity index (χ0n) is 12.7. The average molecular weight is 245 g/mol. The first-order valence-corrected chi connectivity index (χ1v) is 6.78. The van der Waals surface area contributed by atoms with Crippen molar-refractivity contribution in [2.24, 2.45) is 0 Å². The number of Topliss-reactive ketones (excluding diaryl/α,β-unsaturated/α-hetero) is 1. The second-order valence-corrected chi connectivity index (χ2v) is 3.58. The van der Waals surface area contributed by atoms with E-state index in [0.717, 1.165) is 19.1 Å². The molecule has 0 aliphatic rings.